The summed E-state index contributed by atoms with van der Waals surface area (Å²) in [5.41, 5.74) is 0.303. The van der Waals surface area contributed by atoms with E-state index in [2.05, 4.69) is 10.6 Å². The highest BCUT2D eigenvalue weighted by atomic mass is 35.5. The van der Waals surface area contributed by atoms with Gasteiger partial charge in [-0.3, -0.25) is 4.79 Å². The number of hydrogen-bond acceptors (Lipinski definition) is 2. The van der Waals surface area contributed by atoms with Gasteiger partial charge in [0.05, 0.1) is 5.02 Å². The standard InChI is InChI=1S/C12H14ClFN2O.ClH/c13-10-4-3-8(6-11(10)14)12(17)16-9-2-1-5-15-7-9;/h3-4,6,9,15H,1-2,5,7H2,(H,16,17);1H. The van der Waals surface area contributed by atoms with Crippen LogP contribution in [0.15, 0.2) is 18.2 Å². The summed E-state index contributed by atoms with van der Waals surface area (Å²) < 4.78 is 13.2. The molecule has 1 aliphatic rings. The molecule has 0 bridgehead atoms. The van der Waals surface area contributed by atoms with E-state index in [0.717, 1.165) is 32.0 Å². The van der Waals surface area contributed by atoms with Crippen molar-refractivity contribution in [2.24, 2.45) is 0 Å². The number of halogens is 3. The zero-order valence-electron chi connectivity index (χ0n) is 9.71. The third-order valence-corrected chi connectivity index (χ3v) is 3.12. The van der Waals surface area contributed by atoms with Crippen molar-refractivity contribution in [3.8, 4) is 0 Å². The van der Waals surface area contributed by atoms with Crippen LogP contribution in [0.2, 0.25) is 5.02 Å². The lowest BCUT2D eigenvalue weighted by atomic mass is 10.1. The molecule has 100 valence electrons. The molecule has 1 saturated heterocycles. The largest absolute Gasteiger partial charge is 0.348 e. The first-order valence-corrected chi connectivity index (χ1v) is 6.01. The van der Waals surface area contributed by atoms with Gasteiger partial charge < -0.3 is 10.6 Å². The first-order chi connectivity index (χ1) is 8.16. The second-order valence-electron chi connectivity index (χ2n) is 4.15. The quantitative estimate of drug-likeness (QED) is 0.879. The van der Waals surface area contributed by atoms with E-state index >= 15 is 0 Å². The molecule has 1 atom stereocenters. The number of piperidine rings is 1. The molecule has 0 spiro atoms. The van der Waals surface area contributed by atoms with Gasteiger partial charge in [0.25, 0.3) is 5.91 Å². The van der Waals surface area contributed by atoms with Gasteiger partial charge in [-0.25, -0.2) is 4.39 Å². The third-order valence-electron chi connectivity index (χ3n) is 2.81. The Balaban J connectivity index is 0.00000162. The monoisotopic (exact) mass is 292 g/mol. The van der Waals surface area contributed by atoms with Crippen molar-refractivity contribution in [1.82, 2.24) is 10.6 Å². The average Bonchev–Trinajstić information content (AvgIpc) is 2.34. The van der Waals surface area contributed by atoms with Gasteiger partial charge in [-0.05, 0) is 37.6 Å². The van der Waals surface area contributed by atoms with Gasteiger partial charge >= 0.3 is 0 Å². The molecule has 1 heterocycles. The van der Waals surface area contributed by atoms with Crippen molar-refractivity contribution in [1.29, 1.82) is 0 Å². The molecule has 6 heteroatoms. The predicted octanol–water partition coefficient (Wildman–Crippen LogP) is 2.38. The molecule has 1 unspecified atom stereocenters. The van der Waals surface area contributed by atoms with Crippen molar-refractivity contribution in [3.63, 3.8) is 0 Å². The Bertz CT molecular complexity index is 423. The van der Waals surface area contributed by atoms with Crippen LogP contribution in [0, 0.1) is 5.82 Å². The summed E-state index contributed by atoms with van der Waals surface area (Å²) in [6.07, 6.45) is 1.99. The van der Waals surface area contributed by atoms with Crippen LogP contribution in [0.1, 0.15) is 23.2 Å². The van der Waals surface area contributed by atoms with Crippen LogP contribution in [0.3, 0.4) is 0 Å². The molecule has 0 aromatic heterocycles. The number of rotatable bonds is 2. The molecule has 1 amide bonds. The van der Waals surface area contributed by atoms with Crippen LogP contribution in [0.4, 0.5) is 4.39 Å². The molecule has 1 fully saturated rings. The molecule has 1 aromatic carbocycles. The first kappa shape index (κ1) is 15.2. The highest BCUT2D eigenvalue weighted by molar-refractivity contribution is 6.30. The van der Waals surface area contributed by atoms with E-state index in [1.165, 1.54) is 12.1 Å². The van der Waals surface area contributed by atoms with Gasteiger partial charge in [0.1, 0.15) is 5.82 Å². The fourth-order valence-electron chi connectivity index (χ4n) is 1.88. The lowest BCUT2D eigenvalue weighted by Gasteiger charge is -2.23. The minimum atomic E-state index is -0.568. The molecule has 1 aromatic rings. The van der Waals surface area contributed by atoms with E-state index in [4.69, 9.17) is 11.6 Å². The van der Waals surface area contributed by atoms with Gasteiger partial charge in [0.2, 0.25) is 0 Å². The highest BCUT2D eigenvalue weighted by Crippen LogP contribution is 2.15. The Morgan fingerprint density at radius 3 is 2.89 bits per heavy atom. The molecule has 0 aliphatic carbocycles. The van der Waals surface area contributed by atoms with E-state index in [9.17, 15) is 9.18 Å². The minimum Gasteiger partial charge on any atom is -0.348 e. The van der Waals surface area contributed by atoms with Crippen LogP contribution in [-0.2, 0) is 0 Å². The van der Waals surface area contributed by atoms with Crippen molar-refractivity contribution in [3.05, 3.63) is 34.6 Å². The highest BCUT2D eigenvalue weighted by Gasteiger charge is 2.16. The number of carbonyl (C=O) groups is 1. The predicted molar refractivity (Wildman–Crippen MR) is 72.0 cm³/mol. The van der Waals surface area contributed by atoms with Gasteiger partial charge in [0, 0.05) is 18.2 Å². The minimum absolute atomic E-state index is 0. The molecular formula is C12H15Cl2FN2O. The zero-order chi connectivity index (χ0) is 12.3. The Morgan fingerprint density at radius 2 is 2.28 bits per heavy atom. The Hall–Kier alpha value is -0.840. The molecular weight excluding hydrogens is 278 g/mol. The first-order valence-electron chi connectivity index (χ1n) is 5.63. The summed E-state index contributed by atoms with van der Waals surface area (Å²) >= 11 is 5.56. The van der Waals surface area contributed by atoms with Crippen LogP contribution in [0.25, 0.3) is 0 Å². The topological polar surface area (TPSA) is 41.1 Å². The molecule has 2 N–H and O–H groups in total. The average molecular weight is 293 g/mol. The van der Waals surface area contributed by atoms with Crippen LogP contribution < -0.4 is 10.6 Å². The third kappa shape index (κ3) is 3.83. The maximum absolute atomic E-state index is 13.2. The summed E-state index contributed by atoms with van der Waals surface area (Å²) in [7, 11) is 0. The molecule has 0 saturated carbocycles. The molecule has 3 nitrogen and oxygen atoms in total. The summed E-state index contributed by atoms with van der Waals surface area (Å²) in [5, 5.41) is 6.10. The SMILES string of the molecule is Cl.O=C(NC1CCCNC1)c1ccc(Cl)c(F)c1. The van der Waals surface area contributed by atoms with E-state index in [1.54, 1.807) is 0 Å². The Labute approximate surface area is 116 Å². The van der Waals surface area contributed by atoms with E-state index in [-0.39, 0.29) is 29.4 Å². The van der Waals surface area contributed by atoms with Gasteiger partial charge in [-0.15, -0.1) is 12.4 Å². The van der Waals surface area contributed by atoms with E-state index < -0.39 is 5.82 Å². The fourth-order valence-corrected chi connectivity index (χ4v) is 2.00. The molecule has 18 heavy (non-hydrogen) atoms. The van der Waals surface area contributed by atoms with Gasteiger partial charge in [-0.2, -0.15) is 0 Å². The van der Waals surface area contributed by atoms with Crippen molar-refractivity contribution >= 4 is 29.9 Å². The molecule has 2 rings (SSSR count). The number of hydrogen-bond donors (Lipinski definition) is 2. The van der Waals surface area contributed by atoms with Gasteiger partial charge in [0.15, 0.2) is 0 Å². The number of amides is 1. The van der Waals surface area contributed by atoms with Crippen LogP contribution in [-0.4, -0.2) is 25.0 Å². The summed E-state index contributed by atoms with van der Waals surface area (Å²) in [6, 6.07) is 4.20. The Morgan fingerprint density at radius 1 is 1.50 bits per heavy atom. The molecule has 1 aliphatic heterocycles. The maximum Gasteiger partial charge on any atom is 0.251 e. The number of benzene rings is 1. The van der Waals surface area contributed by atoms with E-state index in [1.807, 2.05) is 0 Å². The summed E-state index contributed by atoms with van der Waals surface area (Å²) in [6.45, 7) is 1.75. The molecule has 0 radical (unpaired) electrons. The summed E-state index contributed by atoms with van der Waals surface area (Å²) in [5.74, 6) is -0.824. The van der Waals surface area contributed by atoms with Crippen molar-refractivity contribution in [2.45, 2.75) is 18.9 Å². The summed E-state index contributed by atoms with van der Waals surface area (Å²) in [4.78, 5) is 11.8. The second kappa shape index (κ2) is 6.92. The van der Waals surface area contributed by atoms with Gasteiger partial charge in [-0.1, -0.05) is 11.6 Å². The van der Waals surface area contributed by atoms with Crippen LogP contribution in [0.5, 0.6) is 0 Å². The van der Waals surface area contributed by atoms with Crippen molar-refractivity contribution < 1.29 is 9.18 Å². The smallest absolute Gasteiger partial charge is 0.251 e. The van der Waals surface area contributed by atoms with Crippen molar-refractivity contribution in [2.75, 3.05) is 13.1 Å². The lowest BCUT2D eigenvalue weighted by molar-refractivity contribution is 0.0930. The van der Waals surface area contributed by atoms with E-state index in [0.29, 0.717) is 5.56 Å². The fraction of sp³-hybridized carbons (Fsp3) is 0.417. The maximum atomic E-state index is 13.2. The number of nitrogens with one attached hydrogen (secondary N) is 2. The van der Waals surface area contributed by atoms with Crippen LogP contribution >= 0.6 is 24.0 Å². The zero-order valence-corrected chi connectivity index (χ0v) is 11.3. The lowest BCUT2D eigenvalue weighted by Crippen LogP contribution is -2.45. The second-order valence-corrected chi connectivity index (χ2v) is 4.55. The number of carbonyl (C=O) groups excluding carboxylic acids is 1. The Kier molecular flexibility index (Phi) is 5.85. The normalized spacial score (nSPS) is 18.9.